The molecule has 0 aromatic carbocycles. The normalized spacial score (nSPS) is 19.5. The Morgan fingerprint density at radius 1 is 1.40 bits per heavy atom. The van der Waals surface area contributed by atoms with Crippen LogP contribution in [-0.4, -0.2) is 49.6 Å². The highest BCUT2D eigenvalue weighted by Crippen LogP contribution is 2.12. The van der Waals surface area contributed by atoms with Crippen LogP contribution in [0.4, 0.5) is 0 Å². The number of likely N-dealkylation sites (N-methyl/N-ethyl adjacent to an activating group) is 1. The number of amides is 1. The molecule has 1 aliphatic rings. The molecule has 15 heavy (non-hydrogen) atoms. The molecule has 2 N–H and O–H groups in total. The highest BCUT2D eigenvalue weighted by atomic mass is 16.1. The zero-order valence-corrected chi connectivity index (χ0v) is 10.0. The molecule has 0 aromatic heterocycles. The van der Waals surface area contributed by atoms with Crippen LogP contribution in [0.5, 0.6) is 0 Å². The van der Waals surface area contributed by atoms with Crippen LogP contribution in [0, 0.1) is 0 Å². The van der Waals surface area contributed by atoms with Crippen molar-refractivity contribution in [2.24, 2.45) is 0 Å². The molecular weight excluding hydrogens is 190 g/mol. The van der Waals surface area contributed by atoms with Crippen LogP contribution in [0.25, 0.3) is 0 Å². The van der Waals surface area contributed by atoms with E-state index < -0.39 is 0 Å². The van der Waals surface area contributed by atoms with E-state index in [9.17, 15) is 4.79 Å². The maximum absolute atomic E-state index is 11.0. The average molecular weight is 213 g/mol. The van der Waals surface area contributed by atoms with Crippen LogP contribution >= 0.6 is 0 Å². The molecule has 4 nitrogen and oxygen atoms in total. The first-order chi connectivity index (χ1) is 7.13. The van der Waals surface area contributed by atoms with E-state index in [1.165, 1.54) is 0 Å². The average Bonchev–Trinajstić information content (AvgIpc) is 2.26. The molecule has 1 fully saturated rings. The van der Waals surface area contributed by atoms with Crippen molar-refractivity contribution in [3.63, 3.8) is 0 Å². The SMILES string of the molecule is CNC(=O)CNC1CCN(C(C)C)CC1. The Balaban J connectivity index is 2.17. The summed E-state index contributed by atoms with van der Waals surface area (Å²) in [5, 5.41) is 5.91. The van der Waals surface area contributed by atoms with E-state index in [2.05, 4.69) is 29.4 Å². The topological polar surface area (TPSA) is 44.4 Å². The summed E-state index contributed by atoms with van der Waals surface area (Å²) < 4.78 is 0. The molecule has 0 aliphatic carbocycles. The number of hydrogen-bond acceptors (Lipinski definition) is 3. The van der Waals surface area contributed by atoms with Crippen molar-refractivity contribution in [3.8, 4) is 0 Å². The summed E-state index contributed by atoms with van der Waals surface area (Å²) in [6, 6.07) is 1.15. The van der Waals surface area contributed by atoms with Gasteiger partial charge in [-0.3, -0.25) is 4.79 Å². The summed E-state index contributed by atoms with van der Waals surface area (Å²) in [6.07, 6.45) is 2.30. The lowest BCUT2D eigenvalue weighted by Gasteiger charge is -2.34. The lowest BCUT2D eigenvalue weighted by atomic mass is 10.0. The van der Waals surface area contributed by atoms with Gasteiger partial charge in [-0.15, -0.1) is 0 Å². The second-order valence-corrected chi connectivity index (χ2v) is 4.46. The third-order valence-corrected chi connectivity index (χ3v) is 3.09. The number of rotatable bonds is 4. The molecule has 1 saturated heterocycles. The van der Waals surface area contributed by atoms with Crippen molar-refractivity contribution < 1.29 is 4.79 Å². The van der Waals surface area contributed by atoms with Crippen LogP contribution in [0.1, 0.15) is 26.7 Å². The van der Waals surface area contributed by atoms with Gasteiger partial charge in [-0.05, 0) is 39.8 Å². The number of piperidine rings is 1. The summed E-state index contributed by atoms with van der Waals surface area (Å²) >= 11 is 0. The van der Waals surface area contributed by atoms with E-state index in [1.54, 1.807) is 7.05 Å². The van der Waals surface area contributed by atoms with Crippen molar-refractivity contribution in [3.05, 3.63) is 0 Å². The predicted molar refractivity (Wildman–Crippen MR) is 61.8 cm³/mol. The fourth-order valence-electron chi connectivity index (χ4n) is 1.95. The smallest absolute Gasteiger partial charge is 0.233 e. The fraction of sp³-hybridized carbons (Fsp3) is 0.909. The minimum Gasteiger partial charge on any atom is -0.358 e. The first-order valence-electron chi connectivity index (χ1n) is 5.81. The standard InChI is InChI=1S/C11H23N3O/c1-9(2)14-6-4-10(5-7-14)13-8-11(15)12-3/h9-10,13H,4-8H2,1-3H3,(H,12,15). The maximum atomic E-state index is 11.0. The zero-order valence-electron chi connectivity index (χ0n) is 10.0. The summed E-state index contributed by atoms with van der Waals surface area (Å²) in [7, 11) is 1.67. The van der Waals surface area contributed by atoms with E-state index in [-0.39, 0.29) is 5.91 Å². The molecule has 0 bridgehead atoms. The molecule has 0 aromatic rings. The molecule has 88 valence electrons. The van der Waals surface area contributed by atoms with Crippen molar-refractivity contribution in [1.82, 2.24) is 15.5 Å². The Hall–Kier alpha value is -0.610. The van der Waals surface area contributed by atoms with Gasteiger partial charge in [-0.1, -0.05) is 0 Å². The molecule has 4 heteroatoms. The molecule has 0 radical (unpaired) electrons. The predicted octanol–water partition coefficient (Wildman–Crippen LogP) is 0.195. The molecule has 1 amide bonds. The van der Waals surface area contributed by atoms with Gasteiger partial charge >= 0.3 is 0 Å². The van der Waals surface area contributed by atoms with Gasteiger partial charge in [0.05, 0.1) is 6.54 Å². The van der Waals surface area contributed by atoms with E-state index in [1.807, 2.05) is 0 Å². The largest absolute Gasteiger partial charge is 0.358 e. The summed E-state index contributed by atoms with van der Waals surface area (Å²) in [5.41, 5.74) is 0. The molecule has 1 aliphatic heterocycles. The molecule has 1 heterocycles. The third kappa shape index (κ3) is 4.18. The number of carbonyl (C=O) groups is 1. The highest BCUT2D eigenvalue weighted by Gasteiger charge is 2.20. The van der Waals surface area contributed by atoms with E-state index >= 15 is 0 Å². The zero-order chi connectivity index (χ0) is 11.3. The van der Waals surface area contributed by atoms with Crippen LogP contribution in [0.3, 0.4) is 0 Å². The van der Waals surface area contributed by atoms with Crippen molar-refractivity contribution in [1.29, 1.82) is 0 Å². The van der Waals surface area contributed by atoms with Gasteiger partial charge in [-0.25, -0.2) is 0 Å². The van der Waals surface area contributed by atoms with E-state index in [0.717, 1.165) is 25.9 Å². The summed E-state index contributed by atoms with van der Waals surface area (Å²) in [6.45, 7) is 7.20. The number of nitrogens with zero attached hydrogens (tertiary/aromatic N) is 1. The first-order valence-corrected chi connectivity index (χ1v) is 5.81. The van der Waals surface area contributed by atoms with Crippen LogP contribution in [0.15, 0.2) is 0 Å². The number of carbonyl (C=O) groups excluding carboxylic acids is 1. The van der Waals surface area contributed by atoms with Gasteiger partial charge in [0.25, 0.3) is 0 Å². The summed E-state index contributed by atoms with van der Waals surface area (Å²) in [5.74, 6) is 0.0706. The second-order valence-electron chi connectivity index (χ2n) is 4.46. The van der Waals surface area contributed by atoms with Gasteiger partial charge in [0.15, 0.2) is 0 Å². The lowest BCUT2D eigenvalue weighted by molar-refractivity contribution is -0.119. The third-order valence-electron chi connectivity index (χ3n) is 3.09. The van der Waals surface area contributed by atoms with Gasteiger partial charge in [-0.2, -0.15) is 0 Å². The van der Waals surface area contributed by atoms with E-state index in [0.29, 0.717) is 18.6 Å². The van der Waals surface area contributed by atoms with Crippen molar-refractivity contribution >= 4 is 5.91 Å². The highest BCUT2D eigenvalue weighted by molar-refractivity contribution is 5.77. The van der Waals surface area contributed by atoms with E-state index in [4.69, 9.17) is 0 Å². The molecule has 1 rings (SSSR count). The quantitative estimate of drug-likeness (QED) is 0.701. The monoisotopic (exact) mass is 213 g/mol. The lowest BCUT2D eigenvalue weighted by Crippen LogP contribution is -2.47. The summed E-state index contributed by atoms with van der Waals surface area (Å²) in [4.78, 5) is 13.5. The van der Waals surface area contributed by atoms with Crippen molar-refractivity contribution in [2.45, 2.75) is 38.8 Å². The molecule has 0 unspecified atom stereocenters. The Morgan fingerprint density at radius 3 is 2.47 bits per heavy atom. The van der Waals surface area contributed by atoms with Crippen LogP contribution in [0.2, 0.25) is 0 Å². The Morgan fingerprint density at radius 2 is 2.00 bits per heavy atom. The fourth-order valence-corrected chi connectivity index (χ4v) is 1.95. The molecule has 0 saturated carbocycles. The second kappa shape index (κ2) is 6.08. The minimum atomic E-state index is 0.0706. The van der Waals surface area contributed by atoms with Gasteiger partial charge < -0.3 is 15.5 Å². The van der Waals surface area contributed by atoms with Crippen LogP contribution in [-0.2, 0) is 4.79 Å². The number of likely N-dealkylation sites (tertiary alicyclic amines) is 1. The number of nitrogens with one attached hydrogen (secondary N) is 2. The van der Waals surface area contributed by atoms with Crippen molar-refractivity contribution in [2.75, 3.05) is 26.7 Å². The Kier molecular flexibility index (Phi) is 5.05. The minimum absolute atomic E-state index is 0.0706. The Labute approximate surface area is 92.4 Å². The van der Waals surface area contributed by atoms with Crippen LogP contribution < -0.4 is 10.6 Å². The van der Waals surface area contributed by atoms with Gasteiger partial charge in [0, 0.05) is 19.1 Å². The first kappa shape index (κ1) is 12.5. The maximum Gasteiger partial charge on any atom is 0.233 e. The van der Waals surface area contributed by atoms with Gasteiger partial charge in [0.1, 0.15) is 0 Å². The molecule has 0 spiro atoms. The van der Waals surface area contributed by atoms with Gasteiger partial charge in [0.2, 0.25) is 5.91 Å². The molecular formula is C11H23N3O. The molecule has 0 atom stereocenters. The Bertz CT molecular complexity index is 198. The number of hydrogen-bond donors (Lipinski definition) is 2.